The predicted octanol–water partition coefficient (Wildman–Crippen LogP) is 2.75. The van der Waals surface area contributed by atoms with Crippen LogP contribution in [0.15, 0.2) is 30.3 Å². The van der Waals surface area contributed by atoms with Crippen LogP contribution in [-0.2, 0) is 0 Å². The van der Waals surface area contributed by atoms with E-state index in [9.17, 15) is 18.0 Å². The lowest BCUT2D eigenvalue weighted by atomic mass is 10.2. The largest absolute Gasteiger partial charge is 0.573 e. The number of nitrogens with zero attached hydrogens (tertiary/aromatic N) is 2. The van der Waals surface area contributed by atoms with Gasteiger partial charge in [0.1, 0.15) is 5.75 Å². The van der Waals surface area contributed by atoms with Gasteiger partial charge in [-0.05, 0) is 44.2 Å². The molecule has 0 aliphatic carbocycles. The van der Waals surface area contributed by atoms with Crippen molar-refractivity contribution < 1.29 is 22.7 Å². The van der Waals surface area contributed by atoms with Gasteiger partial charge in [0.05, 0.1) is 0 Å². The lowest BCUT2D eigenvalue weighted by Gasteiger charge is -2.10. The summed E-state index contributed by atoms with van der Waals surface area (Å²) in [6.45, 7) is 3.56. The molecule has 2 rings (SSSR count). The number of aryl methyl sites for hydroxylation is 2. The van der Waals surface area contributed by atoms with E-state index in [1.165, 1.54) is 12.1 Å². The fourth-order valence-electron chi connectivity index (χ4n) is 1.77. The number of aromatic nitrogens is 2. The Bertz CT molecular complexity index is 682. The molecule has 0 bridgehead atoms. The van der Waals surface area contributed by atoms with E-state index in [0.717, 1.165) is 23.5 Å². The fraction of sp³-hybridized carbons (Fsp3) is 0.214. The molecular formula is C14H13F3N4O2. The zero-order chi connectivity index (χ0) is 17.0. The minimum absolute atomic E-state index is 0.149. The Morgan fingerprint density at radius 2 is 1.65 bits per heavy atom. The smallest absolute Gasteiger partial charge is 0.406 e. The number of anilines is 1. The number of carbonyl (C=O) groups excluding carboxylic acids is 1. The molecule has 122 valence electrons. The van der Waals surface area contributed by atoms with Crippen molar-refractivity contribution in [1.82, 2.24) is 15.4 Å². The van der Waals surface area contributed by atoms with Crippen LogP contribution in [0, 0.1) is 13.8 Å². The van der Waals surface area contributed by atoms with Crippen LogP contribution >= 0.6 is 0 Å². The molecule has 6 nitrogen and oxygen atoms in total. The van der Waals surface area contributed by atoms with Crippen LogP contribution in [0.25, 0.3) is 0 Å². The highest BCUT2D eigenvalue weighted by Crippen LogP contribution is 2.22. The van der Waals surface area contributed by atoms with Gasteiger partial charge in [-0.1, -0.05) is 0 Å². The molecule has 2 aromatic rings. The van der Waals surface area contributed by atoms with E-state index in [0.29, 0.717) is 0 Å². The summed E-state index contributed by atoms with van der Waals surface area (Å²) < 4.78 is 39.9. The first kappa shape index (κ1) is 16.5. The molecule has 0 unspecified atom stereocenters. The van der Waals surface area contributed by atoms with Crippen LogP contribution in [0.1, 0.15) is 21.7 Å². The Kier molecular flexibility index (Phi) is 4.68. The van der Waals surface area contributed by atoms with E-state index in [1.807, 2.05) is 0 Å². The van der Waals surface area contributed by atoms with Crippen LogP contribution in [0.5, 0.6) is 5.75 Å². The number of benzene rings is 1. The molecule has 9 heteroatoms. The molecule has 0 saturated carbocycles. The maximum absolute atomic E-state index is 12.0. The first-order chi connectivity index (χ1) is 10.7. The van der Waals surface area contributed by atoms with Crippen LogP contribution in [-0.4, -0.2) is 22.2 Å². The molecule has 1 heterocycles. The summed E-state index contributed by atoms with van der Waals surface area (Å²) in [7, 11) is 0. The van der Waals surface area contributed by atoms with Gasteiger partial charge >= 0.3 is 6.36 Å². The Morgan fingerprint density at radius 3 is 2.17 bits per heavy atom. The second-order valence-corrected chi connectivity index (χ2v) is 4.63. The number of halogens is 3. The highest BCUT2D eigenvalue weighted by Gasteiger charge is 2.31. The van der Waals surface area contributed by atoms with Crippen molar-refractivity contribution in [2.75, 3.05) is 5.43 Å². The zero-order valence-electron chi connectivity index (χ0n) is 12.2. The SMILES string of the molecule is Cc1cc(C)nc(NNC(=O)c2ccc(OC(F)(F)F)cc2)n1. The van der Waals surface area contributed by atoms with Gasteiger partial charge in [-0.3, -0.25) is 15.6 Å². The summed E-state index contributed by atoms with van der Waals surface area (Å²) in [5.41, 5.74) is 6.50. The topological polar surface area (TPSA) is 76.1 Å². The van der Waals surface area contributed by atoms with Crippen molar-refractivity contribution in [3.05, 3.63) is 47.3 Å². The van der Waals surface area contributed by atoms with Gasteiger partial charge < -0.3 is 4.74 Å². The molecule has 23 heavy (non-hydrogen) atoms. The number of hydrazine groups is 1. The van der Waals surface area contributed by atoms with Gasteiger partial charge in [-0.2, -0.15) is 0 Å². The minimum atomic E-state index is -4.77. The first-order valence-electron chi connectivity index (χ1n) is 6.47. The maximum atomic E-state index is 12.0. The minimum Gasteiger partial charge on any atom is -0.406 e. The number of amides is 1. The van der Waals surface area contributed by atoms with E-state index in [2.05, 4.69) is 25.6 Å². The van der Waals surface area contributed by atoms with Crippen LogP contribution < -0.4 is 15.6 Å². The van der Waals surface area contributed by atoms with Crippen molar-refractivity contribution in [3.63, 3.8) is 0 Å². The number of hydrogen-bond acceptors (Lipinski definition) is 5. The van der Waals surface area contributed by atoms with Crippen LogP contribution in [0.2, 0.25) is 0 Å². The molecule has 1 aromatic heterocycles. The van der Waals surface area contributed by atoms with E-state index in [-0.39, 0.29) is 11.5 Å². The summed E-state index contributed by atoms with van der Waals surface area (Å²) in [6, 6.07) is 6.29. The van der Waals surface area contributed by atoms with Gasteiger partial charge in [0.2, 0.25) is 5.95 Å². The van der Waals surface area contributed by atoms with Crippen LogP contribution in [0.4, 0.5) is 19.1 Å². The van der Waals surface area contributed by atoms with Gasteiger partial charge in [-0.15, -0.1) is 13.2 Å². The first-order valence-corrected chi connectivity index (χ1v) is 6.47. The van der Waals surface area contributed by atoms with Crippen molar-refractivity contribution in [2.24, 2.45) is 0 Å². The van der Waals surface area contributed by atoms with Crippen molar-refractivity contribution in [1.29, 1.82) is 0 Å². The Morgan fingerprint density at radius 1 is 1.09 bits per heavy atom. The molecule has 0 fully saturated rings. The van der Waals surface area contributed by atoms with Gasteiger partial charge in [0, 0.05) is 17.0 Å². The fourth-order valence-corrected chi connectivity index (χ4v) is 1.77. The third-order valence-corrected chi connectivity index (χ3v) is 2.62. The third-order valence-electron chi connectivity index (χ3n) is 2.62. The Labute approximate surface area is 129 Å². The second-order valence-electron chi connectivity index (χ2n) is 4.63. The number of rotatable bonds is 4. The quantitative estimate of drug-likeness (QED) is 0.845. The molecule has 1 aromatic carbocycles. The van der Waals surface area contributed by atoms with E-state index in [1.54, 1.807) is 19.9 Å². The summed E-state index contributed by atoms with van der Waals surface area (Å²) in [6.07, 6.45) is -4.77. The second kappa shape index (κ2) is 6.51. The number of alkyl halides is 3. The normalized spacial score (nSPS) is 11.0. The van der Waals surface area contributed by atoms with Gasteiger partial charge in [0.25, 0.3) is 5.91 Å². The van der Waals surface area contributed by atoms with Gasteiger partial charge in [0.15, 0.2) is 0 Å². The molecule has 0 spiro atoms. The Balaban J connectivity index is 1.98. The lowest BCUT2D eigenvalue weighted by molar-refractivity contribution is -0.274. The number of nitrogens with one attached hydrogen (secondary N) is 2. The predicted molar refractivity (Wildman–Crippen MR) is 75.7 cm³/mol. The average molecular weight is 326 g/mol. The molecule has 0 aliphatic heterocycles. The standard InChI is InChI=1S/C14H13F3N4O2/c1-8-7-9(2)19-13(18-8)21-20-12(22)10-3-5-11(6-4-10)23-14(15,16)17/h3-7H,1-2H3,(H,20,22)(H,18,19,21). The highest BCUT2D eigenvalue weighted by molar-refractivity contribution is 5.94. The molecule has 0 saturated heterocycles. The summed E-state index contributed by atoms with van der Waals surface area (Å²) in [5, 5.41) is 0. The summed E-state index contributed by atoms with van der Waals surface area (Å²) >= 11 is 0. The third kappa shape index (κ3) is 5.13. The molecular weight excluding hydrogens is 313 g/mol. The zero-order valence-corrected chi connectivity index (χ0v) is 12.2. The maximum Gasteiger partial charge on any atom is 0.573 e. The van der Waals surface area contributed by atoms with Crippen molar-refractivity contribution in [2.45, 2.75) is 20.2 Å². The van der Waals surface area contributed by atoms with E-state index in [4.69, 9.17) is 0 Å². The number of ether oxygens (including phenoxy) is 1. The summed E-state index contributed by atoms with van der Waals surface area (Å²) in [5.74, 6) is -0.737. The average Bonchev–Trinajstić information content (AvgIpc) is 2.43. The monoisotopic (exact) mass is 326 g/mol. The van der Waals surface area contributed by atoms with E-state index >= 15 is 0 Å². The van der Waals surface area contributed by atoms with E-state index < -0.39 is 18.0 Å². The number of hydrogen-bond donors (Lipinski definition) is 2. The molecule has 0 aliphatic rings. The lowest BCUT2D eigenvalue weighted by Crippen LogP contribution is -2.30. The Hall–Kier alpha value is -2.84. The molecule has 1 amide bonds. The molecule has 0 radical (unpaired) electrons. The summed E-state index contributed by atoms with van der Waals surface area (Å²) in [4.78, 5) is 20.0. The van der Waals surface area contributed by atoms with Crippen molar-refractivity contribution in [3.8, 4) is 5.75 Å². The van der Waals surface area contributed by atoms with Gasteiger partial charge in [-0.25, -0.2) is 9.97 Å². The number of carbonyl (C=O) groups is 1. The molecule has 2 N–H and O–H groups in total. The van der Waals surface area contributed by atoms with Crippen molar-refractivity contribution >= 4 is 11.9 Å². The molecule has 0 atom stereocenters. The highest BCUT2D eigenvalue weighted by atomic mass is 19.4. The van der Waals surface area contributed by atoms with Crippen LogP contribution in [0.3, 0.4) is 0 Å².